The van der Waals surface area contributed by atoms with Crippen LogP contribution in [0.25, 0.3) is 0 Å². The number of anilines is 1. The van der Waals surface area contributed by atoms with E-state index in [2.05, 4.69) is 26.6 Å². The minimum absolute atomic E-state index is 0.530. The predicted molar refractivity (Wildman–Crippen MR) is 81.9 cm³/mol. The molecule has 0 aromatic heterocycles. The lowest BCUT2D eigenvalue weighted by atomic mass is 9.87. The topological polar surface area (TPSA) is 78.4 Å². The van der Waals surface area contributed by atoms with Gasteiger partial charge in [-0.05, 0) is 36.1 Å². The van der Waals surface area contributed by atoms with E-state index in [4.69, 9.17) is 5.11 Å². The third-order valence-corrected chi connectivity index (χ3v) is 3.32. The van der Waals surface area contributed by atoms with Crippen LogP contribution in [0.3, 0.4) is 0 Å². The Morgan fingerprint density at radius 1 is 1.30 bits per heavy atom. The van der Waals surface area contributed by atoms with Crippen LogP contribution in [-0.4, -0.2) is 23.1 Å². The van der Waals surface area contributed by atoms with E-state index in [-0.39, 0.29) is 0 Å². The summed E-state index contributed by atoms with van der Waals surface area (Å²) in [4.78, 5) is 23.1. The molecule has 110 valence electrons. The summed E-state index contributed by atoms with van der Waals surface area (Å²) in [5, 5.41) is 14.3. The molecule has 0 saturated heterocycles. The molecular formula is C14H19BrN2O3. The largest absolute Gasteiger partial charge is 0.480 e. The molecule has 3 N–H and O–H groups in total. The monoisotopic (exact) mass is 342 g/mol. The second kappa shape index (κ2) is 6.26. The van der Waals surface area contributed by atoms with Crippen LogP contribution in [0.15, 0.2) is 22.7 Å². The Morgan fingerprint density at radius 2 is 1.90 bits per heavy atom. The van der Waals surface area contributed by atoms with Gasteiger partial charge in [0.25, 0.3) is 0 Å². The number of rotatable bonds is 3. The van der Waals surface area contributed by atoms with E-state index in [0.717, 1.165) is 10.0 Å². The van der Waals surface area contributed by atoms with Crippen LogP contribution in [0.1, 0.15) is 26.3 Å². The lowest BCUT2D eigenvalue weighted by molar-refractivity contribution is -0.141. The summed E-state index contributed by atoms with van der Waals surface area (Å²) in [6, 6.07) is 3.94. The van der Waals surface area contributed by atoms with Crippen LogP contribution in [0.4, 0.5) is 10.5 Å². The van der Waals surface area contributed by atoms with E-state index in [1.165, 1.54) is 0 Å². The Morgan fingerprint density at radius 3 is 2.35 bits per heavy atom. The average molecular weight is 343 g/mol. The number of urea groups is 1. The molecule has 6 heteroatoms. The minimum atomic E-state index is -1.06. The summed E-state index contributed by atoms with van der Waals surface area (Å²) < 4.78 is 0.916. The highest BCUT2D eigenvalue weighted by Crippen LogP contribution is 2.21. The number of benzene rings is 1. The lowest BCUT2D eigenvalue weighted by Crippen LogP contribution is -2.50. The highest BCUT2D eigenvalue weighted by molar-refractivity contribution is 9.10. The number of hydrogen-bond acceptors (Lipinski definition) is 2. The van der Waals surface area contributed by atoms with E-state index < -0.39 is 23.5 Å². The van der Waals surface area contributed by atoms with Crippen molar-refractivity contribution in [1.29, 1.82) is 0 Å². The molecule has 0 saturated carbocycles. The minimum Gasteiger partial charge on any atom is -0.480 e. The highest BCUT2D eigenvalue weighted by atomic mass is 79.9. The number of carbonyl (C=O) groups excluding carboxylic acids is 1. The summed E-state index contributed by atoms with van der Waals surface area (Å²) in [7, 11) is 0. The van der Waals surface area contributed by atoms with E-state index >= 15 is 0 Å². The average Bonchev–Trinajstić information content (AvgIpc) is 2.28. The Hall–Kier alpha value is -1.56. The van der Waals surface area contributed by atoms with Gasteiger partial charge in [0.05, 0.1) is 0 Å². The third-order valence-electron chi connectivity index (χ3n) is 2.83. The molecule has 0 fully saturated rings. The normalized spacial score (nSPS) is 12.7. The first-order chi connectivity index (χ1) is 9.11. The molecule has 1 atom stereocenters. The van der Waals surface area contributed by atoms with Crippen molar-refractivity contribution in [3.05, 3.63) is 28.2 Å². The number of amides is 2. The van der Waals surface area contributed by atoms with Crippen LogP contribution in [0, 0.1) is 12.3 Å². The lowest BCUT2D eigenvalue weighted by Gasteiger charge is -2.27. The number of carbonyl (C=O) groups is 2. The van der Waals surface area contributed by atoms with Crippen molar-refractivity contribution in [2.24, 2.45) is 5.41 Å². The van der Waals surface area contributed by atoms with Crippen LogP contribution in [-0.2, 0) is 4.79 Å². The predicted octanol–water partition coefficient (Wildman–Crippen LogP) is 3.38. The van der Waals surface area contributed by atoms with E-state index in [9.17, 15) is 9.59 Å². The SMILES string of the molecule is Cc1cc(Br)ccc1NC(=O)N[C@H](C(=O)O)C(C)(C)C. The first-order valence-corrected chi connectivity index (χ1v) is 6.97. The van der Waals surface area contributed by atoms with Crippen LogP contribution in [0.5, 0.6) is 0 Å². The first kappa shape index (κ1) is 16.5. The molecule has 0 unspecified atom stereocenters. The molecular weight excluding hydrogens is 324 g/mol. The maximum absolute atomic E-state index is 11.9. The number of carboxylic acids is 1. The fraction of sp³-hybridized carbons (Fsp3) is 0.429. The van der Waals surface area contributed by atoms with Crippen LogP contribution < -0.4 is 10.6 Å². The molecule has 2 amide bonds. The molecule has 1 aromatic carbocycles. The number of aryl methyl sites for hydroxylation is 1. The van der Waals surface area contributed by atoms with Crippen molar-refractivity contribution >= 4 is 33.6 Å². The smallest absolute Gasteiger partial charge is 0.326 e. The van der Waals surface area contributed by atoms with Gasteiger partial charge in [-0.25, -0.2) is 9.59 Å². The van der Waals surface area contributed by atoms with Crippen molar-refractivity contribution in [2.75, 3.05) is 5.32 Å². The van der Waals surface area contributed by atoms with Gasteiger partial charge in [0, 0.05) is 10.2 Å². The first-order valence-electron chi connectivity index (χ1n) is 6.17. The number of nitrogens with one attached hydrogen (secondary N) is 2. The summed E-state index contributed by atoms with van der Waals surface area (Å²) in [6.45, 7) is 7.14. The summed E-state index contributed by atoms with van der Waals surface area (Å²) in [5.41, 5.74) is 0.957. The van der Waals surface area contributed by atoms with Crippen LogP contribution >= 0.6 is 15.9 Å². The highest BCUT2D eigenvalue weighted by Gasteiger charge is 2.32. The number of halogens is 1. The molecule has 5 nitrogen and oxygen atoms in total. The Balaban J connectivity index is 2.79. The van der Waals surface area contributed by atoms with Crippen LogP contribution in [0.2, 0.25) is 0 Å². The zero-order chi connectivity index (χ0) is 15.5. The third kappa shape index (κ3) is 4.52. The molecule has 20 heavy (non-hydrogen) atoms. The zero-order valence-electron chi connectivity index (χ0n) is 12.0. The maximum atomic E-state index is 11.9. The molecule has 0 aliphatic rings. The molecule has 0 bridgehead atoms. The molecule has 0 aliphatic heterocycles. The van der Waals surface area contributed by atoms with Gasteiger partial charge in [0.2, 0.25) is 0 Å². The Bertz CT molecular complexity index is 524. The second-order valence-corrected chi connectivity index (χ2v) is 6.61. The molecule has 1 aromatic rings. The second-order valence-electron chi connectivity index (χ2n) is 5.69. The fourth-order valence-corrected chi connectivity index (χ4v) is 2.18. The van der Waals surface area contributed by atoms with E-state index in [1.807, 2.05) is 13.0 Å². The Kier molecular flexibility index (Phi) is 5.16. The van der Waals surface area contributed by atoms with Gasteiger partial charge in [-0.3, -0.25) is 0 Å². The van der Waals surface area contributed by atoms with Gasteiger partial charge in [-0.15, -0.1) is 0 Å². The number of hydrogen-bond donors (Lipinski definition) is 3. The summed E-state index contributed by atoms with van der Waals surface area (Å²) in [6.07, 6.45) is 0. The molecule has 0 spiro atoms. The molecule has 0 aliphatic carbocycles. The van der Waals surface area contributed by atoms with Crippen molar-refractivity contribution in [3.8, 4) is 0 Å². The molecule has 0 heterocycles. The number of aliphatic carboxylic acids is 1. The Labute approximate surface area is 126 Å². The quantitative estimate of drug-likeness (QED) is 0.787. The van der Waals surface area contributed by atoms with Gasteiger partial charge in [0.15, 0.2) is 0 Å². The van der Waals surface area contributed by atoms with Crippen molar-refractivity contribution in [1.82, 2.24) is 5.32 Å². The number of carboxylic acid groups (broad SMARTS) is 1. The van der Waals surface area contributed by atoms with Gasteiger partial charge in [0.1, 0.15) is 6.04 Å². The van der Waals surface area contributed by atoms with Gasteiger partial charge < -0.3 is 15.7 Å². The molecule has 0 radical (unpaired) electrons. The van der Waals surface area contributed by atoms with Gasteiger partial charge >= 0.3 is 12.0 Å². The van der Waals surface area contributed by atoms with E-state index in [1.54, 1.807) is 32.9 Å². The fourth-order valence-electron chi connectivity index (χ4n) is 1.71. The molecule has 1 rings (SSSR count). The van der Waals surface area contributed by atoms with Crippen molar-refractivity contribution in [3.63, 3.8) is 0 Å². The van der Waals surface area contributed by atoms with Gasteiger partial charge in [-0.1, -0.05) is 36.7 Å². The summed E-state index contributed by atoms with van der Waals surface area (Å²) >= 11 is 3.34. The van der Waals surface area contributed by atoms with E-state index in [0.29, 0.717) is 5.69 Å². The standard InChI is InChI=1S/C14H19BrN2O3/c1-8-7-9(15)5-6-10(8)16-13(20)17-11(12(18)19)14(2,3)4/h5-7,11H,1-4H3,(H,18,19)(H2,16,17,20)/t11-/m1/s1. The summed E-state index contributed by atoms with van der Waals surface area (Å²) in [5.74, 6) is -1.06. The van der Waals surface area contributed by atoms with Crippen molar-refractivity contribution in [2.45, 2.75) is 33.7 Å². The van der Waals surface area contributed by atoms with Gasteiger partial charge in [-0.2, -0.15) is 0 Å². The maximum Gasteiger partial charge on any atom is 0.326 e. The zero-order valence-corrected chi connectivity index (χ0v) is 13.5. The van der Waals surface area contributed by atoms with Crippen molar-refractivity contribution < 1.29 is 14.7 Å².